The van der Waals surface area contributed by atoms with E-state index in [0.717, 1.165) is 6.54 Å². The van der Waals surface area contributed by atoms with Crippen LogP contribution in [0.25, 0.3) is 0 Å². The van der Waals surface area contributed by atoms with Crippen molar-refractivity contribution >= 4 is 21.6 Å². The lowest BCUT2D eigenvalue weighted by atomic mass is 9.93. The summed E-state index contributed by atoms with van der Waals surface area (Å²) in [6.45, 7) is 6.50. The molecule has 1 N–H and O–H groups in total. The highest BCUT2D eigenvalue weighted by molar-refractivity contribution is 9.10. The third-order valence-corrected chi connectivity index (χ3v) is 3.64. The molecule has 1 aromatic rings. The van der Waals surface area contributed by atoms with E-state index in [1.807, 2.05) is 20.8 Å². The van der Waals surface area contributed by atoms with Crippen molar-refractivity contribution in [2.75, 3.05) is 6.54 Å². The van der Waals surface area contributed by atoms with E-state index >= 15 is 0 Å². The van der Waals surface area contributed by atoms with Crippen LogP contribution in [0.5, 0.6) is 0 Å². The molecule has 18 heavy (non-hydrogen) atoms. The molecular weight excluding hydrogens is 303 g/mol. The van der Waals surface area contributed by atoms with E-state index in [1.54, 1.807) is 0 Å². The summed E-state index contributed by atoms with van der Waals surface area (Å²) in [5.74, 6) is -0.626. The van der Waals surface area contributed by atoms with Gasteiger partial charge in [-0.2, -0.15) is 0 Å². The van der Waals surface area contributed by atoms with Crippen LogP contribution in [-0.4, -0.2) is 17.5 Å². The minimum Gasteiger partial charge on any atom is -0.314 e. The average Bonchev–Trinajstić information content (AvgIpc) is 2.31. The van der Waals surface area contributed by atoms with Gasteiger partial charge in [-0.3, -0.25) is 10.1 Å². The largest absolute Gasteiger partial charge is 0.314 e. The summed E-state index contributed by atoms with van der Waals surface area (Å²) < 4.78 is 13.7. The second kappa shape index (κ2) is 6.24. The van der Waals surface area contributed by atoms with E-state index in [9.17, 15) is 14.5 Å². The third kappa shape index (κ3) is 3.26. The SMILES string of the molecule is CCNC(C)C(C)c1cc(F)c(Br)cc1[N+](=O)[O-]. The molecule has 0 aliphatic heterocycles. The molecular formula is C12H16BrFN2O2. The van der Waals surface area contributed by atoms with Gasteiger partial charge < -0.3 is 5.32 Å². The lowest BCUT2D eigenvalue weighted by Crippen LogP contribution is -2.31. The summed E-state index contributed by atoms with van der Waals surface area (Å²) in [5, 5.41) is 14.2. The molecule has 0 fully saturated rings. The fourth-order valence-corrected chi connectivity index (χ4v) is 2.17. The summed E-state index contributed by atoms with van der Waals surface area (Å²) in [5.41, 5.74) is 0.356. The number of nitrogens with one attached hydrogen (secondary N) is 1. The van der Waals surface area contributed by atoms with Crippen molar-refractivity contribution in [1.82, 2.24) is 5.32 Å². The van der Waals surface area contributed by atoms with E-state index in [1.165, 1.54) is 12.1 Å². The molecule has 0 bridgehead atoms. The molecule has 0 radical (unpaired) electrons. The number of nitro benzene ring substituents is 1. The molecule has 0 aliphatic rings. The maximum atomic E-state index is 13.5. The first-order chi connectivity index (χ1) is 8.38. The molecule has 2 unspecified atom stereocenters. The highest BCUT2D eigenvalue weighted by atomic mass is 79.9. The lowest BCUT2D eigenvalue weighted by molar-refractivity contribution is -0.385. The van der Waals surface area contributed by atoms with Gasteiger partial charge in [0.25, 0.3) is 5.69 Å². The van der Waals surface area contributed by atoms with Crippen LogP contribution in [0.15, 0.2) is 16.6 Å². The van der Waals surface area contributed by atoms with Crippen LogP contribution in [0.4, 0.5) is 10.1 Å². The van der Waals surface area contributed by atoms with Crippen molar-refractivity contribution in [1.29, 1.82) is 0 Å². The van der Waals surface area contributed by atoms with Gasteiger partial charge in [-0.1, -0.05) is 13.8 Å². The zero-order valence-electron chi connectivity index (χ0n) is 10.5. The highest BCUT2D eigenvalue weighted by Crippen LogP contribution is 2.33. The number of halogens is 2. The number of benzene rings is 1. The van der Waals surface area contributed by atoms with Crippen molar-refractivity contribution < 1.29 is 9.31 Å². The molecule has 4 nitrogen and oxygen atoms in total. The van der Waals surface area contributed by atoms with Gasteiger partial charge >= 0.3 is 0 Å². The predicted octanol–water partition coefficient (Wildman–Crippen LogP) is 3.60. The van der Waals surface area contributed by atoms with Crippen LogP contribution in [0.2, 0.25) is 0 Å². The van der Waals surface area contributed by atoms with Crippen molar-refractivity contribution in [3.05, 3.63) is 38.1 Å². The van der Waals surface area contributed by atoms with Crippen LogP contribution in [0.1, 0.15) is 32.3 Å². The Labute approximate surface area is 114 Å². The van der Waals surface area contributed by atoms with Gasteiger partial charge in [-0.05, 0) is 35.5 Å². The molecule has 0 amide bonds. The van der Waals surface area contributed by atoms with E-state index in [2.05, 4.69) is 21.2 Å². The fraction of sp³-hybridized carbons (Fsp3) is 0.500. The number of nitrogens with zero attached hydrogens (tertiary/aromatic N) is 1. The van der Waals surface area contributed by atoms with Crippen molar-refractivity contribution in [2.24, 2.45) is 0 Å². The average molecular weight is 319 g/mol. The van der Waals surface area contributed by atoms with Crippen LogP contribution < -0.4 is 5.32 Å². The Kier molecular flexibility index (Phi) is 5.22. The zero-order valence-corrected chi connectivity index (χ0v) is 12.1. The van der Waals surface area contributed by atoms with E-state index in [-0.39, 0.29) is 22.1 Å². The van der Waals surface area contributed by atoms with Crippen LogP contribution in [-0.2, 0) is 0 Å². The monoisotopic (exact) mass is 318 g/mol. The molecule has 2 atom stereocenters. The fourth-order valence-electron chi connectivity index (χ4n) is 1.84. The Hall–Kier alpha value is -1.01. The number of hydrogen-bond acceptors (Lipinski definition) is 3. The summed E-state index contributed by atoms with van der Waals surface area (Å²) in [7, 11) is 0. The Bertz CT molecular complexity index is 454. The Balaban J connectivity index is 3.21. The molecule has 0 saturated heterocycles. The first kappa shape index (κ1) is 15.0. The molecule has 1 rings (SSSR count). The van der Waals surface area contributed by atoms with Gasteiger partial charge in [-0.25, -0.2) is 4.39 Å². The minimum atomic E-state index is -0.480. The van der Waals surface area contributed by atoms with Gasteiger partial charge in [0.1, 0.15) is 5.82 Å². The maximum Gasteiger partial charge on any atom is 0.274 e. The van der Waals surface area contributed by atoms with Crippen LogP contribution in [0, 0.1) is 15.9 Å². The second-order valence-electron chi connectivity index (χ2n) is 4.22. The number of rotatable bonds is 5. The van der Waals surface area contributed by atoms with Crippen LogP contribution >= 0.6 is 15.9 Å². The van der Waals surface area contributed by atoms with E-state index in [0.29, 0.717) is 5.56 Å². The Morgan fingerprint density at radius 2 is 2.11 bits per heavy atom. The molecule has 100 valence electrons. The third-order valence-electron chi connectivity index (χ3n) is 3.03. The summed E-state index contributed by atoms with van der Waals surface area (Å²) in [6.07, 6.45) is 0. The molecule has 0 aliphatic carbocycles. The number of likely N-dealkylation sites (N-methyl/N-ethyl adjacent to an activating group) is 1. The van der Waals surface area contributed by atoms with Gasteiger partial charge in [-0.15, -0.1) is 0 Å². The quantitative estimate of drug-likeness (QED) is 0.666. The van der Waals surface area contributed by atoms with Gasteiger partial charge in [0.05, 0.1) is 9.40 Å². The minimum absolute atomic E-state index is 0.0364. The molecule has 0 saturated carbocycles. The highest BCUT2D eigenvalue weighted by Gasteiger charge is 2.24. The number of hydrogen-bond donors (Lipinski definition) is 1. The standard InChI is InChI=1S/C12H16BrFN2O2/c1-4-15-8(3)7(2)9-5-11(14)10(13)6-12(9)16(17)18/h5-8,15H,4H2,1-3H3. The van der Waals surface area contributed by atoms with E-state index < -0.39 is 10.7 Å². The van der Waals surface area contributed by atoms with Crippen molar-refractivity contribution in [2.45, 2.75) is 32.7 Å². The zero-order chi connectivity index (χ0) is 13.9. The van der Waals surface area contributed by atoms with Gasteiger partial charge in [0.2, 0.25) is 0 Å². The van der Waals surface area contributed by atoms with Crippen molar-refractivity contribution in [3.8, 4) is 0 Å². The number of nitro groups is 1. The van der Waals surface area contributed by atoms with Gasteiger partial charge in [0.15, 0.2) is 0 Å². The Morgan fingerprint density at radius 3 is 2.61 bits per heavy atom. The predicted molar refractivity (Wildman–Crippen MR) is 72.3 cm³/mol. The normalized spacial score (nSPS) is 14.3. The van der Waals surface area contributed by atoms with Crippen molar-refractivity contribution in [3.63, 3.8) is 0 Å². The second-order valence-corrected chi connectivity index (χ2v) is 5.07. The molecule has 0 aromatic heterocycles. The van der Waals surface area contributed by atoms with Gasteiger partial charge in [0, 0.05) is 23.6 Å². The topological polar surface area (TPSA) is 55.2 Å². The van der Waals surface area contributed by atoms with E-state index in [4.69, 9.17) is 0 Å². The first-order valence-electron chi connectivity index (χ1n) is 5.75. The molecule has 6 heteroatoms. The lowest BCUT2D eigenvalue weighted by Gasteiger charge is -2.21. The first-order valence-corrected chi connectivity index (χ1v) is 6.54. The Morgan fingerprint density at radius 1 is 1.50 bits per heavy atom. The molecule has 0 heterocycles. The smallest absolute Gasteiger partial charge is 0.274 e. The molecule has 0 spiro atoms. The van der Waals surface area contributed by atoms with Crippen LogP contribution in [0.3, 0.4) is 0 Å². The summed E-state index contributed by atoms with van der Waals surface area (Å²) >= 11 is 2.97. The summed E-state index contributed by atoms with van der Waals surface area (Å²) in [6, 6.07) is 2.50. The molecule has 1 aromatic carbocycles. The summed E-state index contributed by atoms with van der Waals surface area (Å²) in [4.78, 5) is 10.5. The maximum absolute atomic E-state index is 13.5.